The predicted molar refractivity (Wildman–Crippen MR) is 353 cm³/mol. The van der Waals surface area contributed by atoms with Gasteiger partial charge in [-0.1, -0.05) is 159 Å². The molecule has 0 N–H and O–H groups in total. The molecule has 6 heteroatoms. The molecular weight excluding hydrogens is 1430 g/mol. The Morgan fingerprint density at radius 1 is 0.273 bits per heavy atom. The molecule has 1 radical (unpaired) electrons. The maximum absolute atomic E-state index is 4.93. The Balaban J connectivity index is 0.000000239. The summed E-state index contributed by atoms with van der Waals surface area (Å²) in [5.41, 5.74) is 23.1. The van der Waals surface area contributed by atoms with E-state index in [1.165, 1.54) is 69.3 Å². The zero-order chi connectivity index (χ0) is 58.0. The SMILES string of the molecule is C[C@@H]1CC(c2ccccc2-c2ccc(-c3[c-]cccc3)nc2)C[C@H](C)C1.[Ir+3].[Ir].[c-]1ccccc1-c1ccc(-c2ccccc2C2CC(c3ccccc3-c3ccc(-c4[c-]cccc4)nc3)CC(c3ccccc3-c3ccc(-c4[c-]cccc4)nc3)C2)cn1. The molecule has 4 heterocycles. The Morgan fingerprint density at radius 3 is 0.739 bits per heavy atom. The molecule has 4 aromatic heterocycles. The van der Waals surface area contributed by atoms with Crippen molar-refractivity contribution in [1.82, 2.24) is 19.9 Å². The number of benzene rings is 8. The summed E-state index contributed by atoms with van der Waals surface area (Å²) in [5.74, 6) is 3.19. The van der Waals surface area contributed by atoms with Crippen LogP contribution in [0.3, 0.4) is 0 Å². The van der Waals surface area contributed by atoms with Crippen LogP contribution in [-0.4, -0.2) is 19.9 Å². The molecule has 14 rings (SSSR count). The Labute approximate surface area is 547 Å². The van der Waals surface area contributed by atoms with Crippen molar-refractivity contribution < 1.29 is 40.2 Å². The Kier molecular flexibility index (Phi) is 20.3. The van der Waals surface area contributed by atoms with Crippen LogP contribution in [0, 0.1) is 36.1 Å². The van der Waals surface area contributed by atoms with Crippen LogP contribution in [0.4, 0.5) is 0 Å². The van der Waals surface area contributed by atoms with Crippen molar-refractivity contribution in [3.8, 4) is 89.5 Å². The van der Waals surface area contributed by atoms with Gasteiger partial charge in [0.25, 0.3) is 0 Å². The van der Waals surface area contributed by atoms with E-state index in [9.17, 15) is 0 Å². The fraction of sp³-hybridized carbons (Fsp3) is 0.171. The van der Waals surface area contributed by atoms with E-state index in [2.05, 4.69) is 208 Å². The summed E-state index contributed by atoms with van der Waals surface area (Å²) < 4.78 is 0. The molecule has 12 aromatic rings. The second kappa shape index (κ2) is 29.1. The van der Waals surface area contributed by atoms with Crippen LogP contribution in [-0.2, 0) is 40.2 Å². The second-order valence-corrected chi connectivity index (χ2v) is 23.6. The number of nitrogens with zero attached hydrogens (tertiary/aromatic N) is 4. The van der Waals surface area contributed by atoms with E-state index < -0.39 is 0 Å². The molecule has 0 spiro atoms. The fourth-order valence-electron chi connectivity index (χ4n) is 13.8. The first-order valence-electron chi connectivity index (χ1n) is 30.6. The summed E-state index contributed by atoms with van der Waals surface area (Å²) in [4.78, 5) is 19.5. The molecule has 0 amide bonds. The van der Waals surface area contributed by atoms with E-state index in [4.69, 9.17) is 19.9 Å². The molecule has 435 valence electrons. The minimum Gasteiger partial charge on any atom is -0.304 e. The number of pyridine rings is 4. The van der Waals surface area contributed by atoms with Crippen molar-refractivity contribution in [2.75, 3.05) is 0 Å². The van der Waals surface area contributed by atoms with Gasteiger partial charge in [-0.15, -0.1) is 144 Å². The van der Waals surface area contributed by atoms with Gasteiger partial charge >= 0.3 is 20.1 Å². The van der Waals surface area contributed by atoms with E-state index in [-0.39, 0.29) is 40.2 Å². The number of aromatic nitrogens is 4. The smallest absolute Gasteiger partial charge is 0.304 e. The van der Waals surface area contributed by atoms with E-state index in [1.54, 1.807) is 0 Å². The molecule has 4 nitrogen and oxygen atoms in total. The third-order valence-electron chi connectivity index (χ3n) is 17.7. The third-order valence-corrected chi connectivity index (χ3v) is 17.7. The standard InChI is InChI=1S/C57H42N3.C25H26N.2Ir/c1-4-16-40(17-5-1)55-31-28-43(37-58-55)49-22-10-13-25-52(49)46-34-47(53-26-14-11-23-50(53)44-29-32-56(59-38-44)41-18-6-2-7-19-41)36-48(35-46)54-27-15-12-24-51(54)45-30-33-57(60-39-45)42-20-8-3-9-21-42;1-18-14-19(2)16-22(15-18)24-11-7-6-10-23(24)21-12-13-25(26-17-21)20-8-4-3-5-9-20;;/h1-16,18,20,22-33,37-39,46-48H,34-36H2;3-8,10-13,17-19,22H,14-16H2,1-2H3;;/q-3;-1;;+3/t;18-,19+,22?;;. The molecular formula is C82H68Ir2N4-. The van der Waals surface area contributed by atoms with Gasteiger partial charge in [-0.3, -0.25) is 0 Å². The molecule has 2 fully saturated rings. The van der Waals surface area contributed by atoms with E-state index in [0.717, 1.165) is 92.8 Å². The molecule has 2 saturated carbocycles. The summed E-state index contributed by atoms with van der Waals surface area (Å²) in [5, 5.41) is 0. The van der Waals surface area contributed by atoms with Crippen molar-refractivity contribution in [3.05, 3.63) is 314 Å². The first kappa shape index (κ1) is 61.3. The zero-order valence-electron chi connectivity index (χ0n) is 49.6. The van der Waals surface area contributed by atoms with Crippen molar-refractivity contribution in [2.24, 2.45) is 11.8 Å². The van der Waals surface area contributed by atoms with Crippen molar-refractivity contribution in [1.29, 1.82) is 0 Å². The Hall–Kier alpha value is -8.34. The normalized spacial score (nSPS) is 17.9. The van der Waals surface area contributed by atoms with Gasteiger partial charge in [-0.05, 0) is 164 Å². The molecule has 3 atom stereocenters. The van der Waals surface area contributed by atoms with Gasteiger partial charge in [0.15, 0.2) is 0 Å². The summed E-state index contributed by atoms with van der Waals surface area (Å²) in [6.45, 7) is 4.80. The molecule has 2 aliphatic rings. The van der Waals surface area contributed by atoms with Crippen molar-refractivity contribution in [2.45, 2.75) is 76.0 Å². The summed E-state index contributed by atoms with van der Waals surface area (Å²) in [6.07, 6.45) is 15.2. The van der Waals surface area contributed by atoms with Crippen LogP contribution in [0.1, 0.15) is 98.3 Å². The largest absolute Gasteiger partial charge is 3.00 e. The van der Waals surface area contributed by atoms with Gasteiger partial charge in [0.05, 0.1) is 0 Å². The summed E-state index contributed by atoms with van der Waals surface area (Å²) >= 11 is 0. The van der Waals surface area contributed by atoms with Crippen LogP contribution < -0.4 is 0 Å². The van der Waals surface area contributed by atoms with Gasteiger partial charge in [0.1, 0.15) is 0 Å². The van der Waals surface area contributed by atoms with Crippen LogP contribution in [0.2, 0.25) is 0 Å². The van der Waals surface area contributed by atoms with Gasteiger partial charge < -0.3 is 19.9 Å². The van der Waals surface area contributed by atoms with Gasteiger partial charge in [-0.2, -0.15) is 0 Å². The van der Waals surface area contributed by atoms with Crippen molar-refractivity contribution >= 4 is 0 Å². The van der Waals surface area contributed by atoms with Gasteiger partial charge in [0.2, 0.25) is 0 Å². The maximum atomic E-state index is 4.93. The molecule has 88 heavy (non-hydrogen) atoms. The van der Waals surface area contributed by atoms with Gasteiger partial charge in [-0.25, -0.2) is 0 Å². The molecule has 2 aliphatic carbocycles. The minimum atomic E-state index is 0. The van der Waals surface area contributed by atoms with Crippen LogP contribution in [0.5, 0.6) is 0 Å². The van der Waals surface area contributed by atoms with E-state index >= 15 is 0 Å². The molecule has 0 saturated heterocycles. The predicted octanol–water partition coefficient (Wildman–Crippen LogP) is 20.9. The van der Waals surface area contributed by atoms with Crippen LogP contribution in [0.15, 0.2) is 267 Å². The number of hydrogen-bond donors (Lipinski definition) is 0. The van der Waals surface area contributed by atoms with Crippen LogP contribution in [0.25, 0.3) is 89.5 Å². The van der Waals surface area contributed by atoms with Crippen molar-refractivity contribution in [3.63, 3.8) is 0 Å². The molecule has 0 aliphatic heterocycles. The van der Waals surface area contributed by atoms with Crippen LogP contribution >= 0.6 is 0 Å². The molecule has 0 bridgehead atoms. The summed E-state index contributed by atoms with van der Waals surface area (Å²) in [7, 11) is 0. The Bertz CT molecular complexity index is 3810. The first-order valence-corrected chi connectivity index (χ1v) is 30.6. The average molecular weight is 1490 g/mol. The quantitative estimate of drug-likeness (QED) is 0.114. The number of hydrogen-bond acceptors (Lipinski definition) is 4. The number of rotatable bonds is 12. The Morgan fingerprint density at radius 2 is 0.511 bits per heavy atom. The van der Waals surface area contributed by atoms with Gasteiger partial charge in [0, 0.05) is 44.9 Å². The zero-order valence-corrected chi connectivity index (χ0v) is 54.4. The molecule has 1 unspecified atom stereocenters. The van der Waals surface area contributed by atoms with E-state index in [1.807, 2.05) is 97.6 Å². The van der Waals surface area contributed by atoms with E-state index in [0.29, 0.717) is 23.7 Å². The maximum Gasteiger partial charge on any atom is 3.00 e. The fourth-order valence-corrected chi connectivity index (χ4v) is 13.8. The second-order valence-electron chi connectivity index (χ2n) is 23.6. The average Bonchev–Trinajstić information content (AvgIpc) is 1.52. The summed E-state index contributed by atoms with van der Waals surface area (Å²) in [6, 6.07) is 98.6. The topological polar surface area (TPSA) is 51.6 Å². The monoisotopic (exact) mass is 1490 g/mol. The first-order chi connectivity index (χ1) is 42.5. The minimum absolute atomic E-state index is 0. The molecule has 8 aromatic carbocycles. The third kappa shape index (κ3) is 14.1.